The second kappa shape index (κ2) is 7.34. The molecule has 0 saturated heterocycles. The van der Waals surface area contributed by atoms with Gasteiger partial charge in [-0.2, -0.15) is 0 Å². The van der Waals surface area contributed by atoms with Gasteiger partial charge in [0.25, 0.3) is 0 Å². The zero-order valence-corrected chi connectivity index (χ0v) is 13.0. The molecule has 1 aromatic carbocycles. The van der Waals surface area contributed by atoms with Crippen molar-refractivity contribution in [3.05, 3.63) is 24.3 Å². The van der Waals surface area contributed by atoms with Crippen LogP contribution in [0.3, 0.4) is 0 Å². The number of carbonyl (C=O) groups excluding carboxylic acids is 1. The maximum atomic E-state index is 12.0. The van der Waals surface area contributed by atoms with Gasteiger partial charge in [0.1, 0.15) is 5.75 Å². The van der Waals surface area contributed by atoms with Crippen molar-refractivity contribution >= 4 is 11.6 Å². The highest BCUT2D eigenvalue weighted by Crippen LogP contribution is 2.29. The third-order valence-electron chi connectivity index (χ3n) is 4.47. The van der Waals surface area contributed by atoms with Crippen LogP contribution in [-0.2, 0) is 4.79 Å². The molecule has 116 valence electrons. The summed E-state index contributed by atoms with van der Waals surface area (Å²) in [5, 5.41) is 3.12. The van der Waals surface area contributed by atoms with E-state index in [1.165, 1.54) is 6.42 Å². The van der Waals surface area contributed by atoms with Crippen LogP contribution in [0.1, 0.15) is 39.5 Å². The zero-order chi connectivity index (χ0) is 15.2. The van der Waals surface area contributed by atoms with Crippen LogP contribution in [0.5, 0.6) is 5.75 Å². The van der Waals surface area contributed by atoms with Crippen molar-refractivity contribution < 1.29 is 9.53 Å². The van der Waals surface area contributed by atoms with E-state index in [2.05, 4.69) is 19.2 Å². The minimum Gasteiger partial charge on any atom is -0.491 e. The normalized spacial score (nSPS) is 25.3. The van der Waals surface area contributed by atoms with Crippen molar-refractivity contribution in [3.63, 3.8) is 0 Å². The van der Waals surface area contributed by atoms with E-state index in [0.29, 0.717) is 36.4 Å². The van der Waals surface area contributed by atoms with E-state index < -0.39 is 0 Å². The van der Waals surface area contributed by atoms with E-state index in [0.717, 1.165) is 18.8 Å². The van der Waals surface area contributed by atoms with Gasteiger partial charge in [-0.1, -0.05) is 26.0 Å². The first-order chi connectivity index (χ1) is 10.1. The summed E-state index contributed by atoms with van der Waals surface area (Å²) in [5.41, 5.74) is 6.39. The van der Waals surface area contributed by atoms with Gasteiger partial charge in [-0.05, 0) is 43.2 Å². The van der Waals surface area contributed by atoms with Crippen LogP contribution in [0.2, 0.25) is 0 Å². The van der Waals surface area contributed by atoms with E-state index >= 15 is 0 Å². The fraction of sp³-hybridized carbons (Fsp3) is 0.588. The van der Waals surface area contributed by atoms with Gasteiger partial charge in [0.05, 0.1) is 18.7 Å². The standard InChI is InChI=1S/C17H26N2O2/c1-12-7-8-14(11-13(12)2)19-17(20)9-10-21-16-6-4-3-5-15(16)18/h3-6,12-14H,7-11,18H2,1-2H3,(H,19,20). The van der Waals surface area contributed by atoms with Crippen molar-refractivity contribution in [2.75, 3.05) is 12.3 Å². The highest BCUT2D eigenvalue weighted by atomic mass is 16.5. The number of hydrogen-bond donors (Lipinski definition) is 2. The number of nitrogens with one attached hydrogen (secondary N) is 1. The Bertz CT molecular complexity index is 476. The van der Waals surface area contributed by atoms with E-state index in [1.54, 1.807) is 6.07 Å². The number of rotatable bonds is 5. The van der Waals surface area contributed by atoms with E-state index in [1.807, 2.05) is 18.2 Å². The Balaban J connectivity index is 1.69. The molecule has 4 heteroatoms. The molecule has 1 fully saturated rings. The van der Waals surface area contributed by atoms with Crippen LogP contribution in [0.15, 0.2) is 24.3 Å². The van der Waals surface area contributed by atoms with Crippen molar-refractivity contribution in [2.45, 2.75) is 45.6 Å². The highest BCUT2D eigenvalue weighted by Gasteiger charge is 2.25. The average Bonchev–Trinajstić information content (AvgIpc) is 2.45. The molecule has 0 aliphatic heterocycles. The van der Waals surface area contributed by atoms with Gasteiger partial charge in [0, 0.05) is 6.04 Å². The molecule has 0 heterocycles. The molecule has 3 atom stereocenters. The van der Waals surface area contributed by atoms with Crippen LogP contribution < -0.4 is 15.8 Å². The summed E-state index contributed by atoms with van der Waals surface area (Å²) in [6, 6.07) is 7.67. The number of hydrogen-bond acceptors (Lipinski definition) is 3. The van der Waals surface area contributed by atoms with E-state index in [9.17, 15) is 4.79 Å². The Morgan fingerprint density at radius 1 is 1.29 bits per heavy atom. The third-order valence-corrected chi connectivity index (χ3v) is 4.47. The van der Waals surface area contributed by atoms with Gasteiger partial charge in [-0.3, -0.25) is 4.79 Å². The Morgan fingerprint density at radius 3 is 2.76 bits per heavy atom. The number of nitrogen functional groups attached to an aromatic ring is 1. The van der Waals surface area contributed by atoms with Crippen molar-refractivity contribution in [2.24, 2.45) is 11.8 Å². The van der Waals surface area contributed by atoms with Gasteiger partial charge in [0.15, 0.2) is 0 Å². The minimum atomic E-state index is 0.0660. The summed E-state index contributed by atoms with van der Waals surface area (Å²) in [5.74, 6) is 2.16. The summed E-state index contributed by atoms with van der Waals surface area (Å²) in [7, 11) is 0. The summed E-state index contributed by atoms with van der Waals surface area (Å²) >= 11 is 0. The highest BCUT2D eigenvalue weighted by molar-refractivity contribution is 5.76. The first-order valence-electron chi connectivity index (χ1n) is 7.83. The second-order valence-corrected chi connectivity index (χ2v) is 6.17. The first-order valence-corrected chi connectivity index (χ1v) is 7.83. The van der Waals surface area contributed by atoms with Crippen molar-refractivity contribution in [1.29, 1.82) is 0 Å². The van der Waals surface area contributed by atoms with Gasteiger partial charge < -0.3 is 15.8 Å². The lowest BCUT2D eigenvalue weighted by Gasteiger charge is -2.32. The molecule has 1 aliphatic rings. The predicted octanol–water partition coefficient (Wildman–Crippen LogP) is 2.98. The number of amides is 1. The molecule has 3 N–H and O–H groups in total. The molecule has 1 saturated carbocycles. The number of ether oxygens (including phenoxy) is 1. The molecule has 0 radical (unpaired) electrons. The molecule has 21 heavy (non-hydrogen) atoms. The summed E-state index contributed by atoms with van der Waals surface area (Å²) < 4.78 is 5.55. The lowest BCUT2D eigenvalue weighted by Crippen LogP contribution is -2.40. The topological polar surface area (TPSA) is 64.3 Å². The number of carbonyl (C=O) groups is 1. The smallest absolute Gasteiger partial charge is 0.223 e. The minimum absolute atomic E-state index is 0.0660. The number of para-hydroxylation sites is 2. The molecular formula is C17H26N2O2. The maximum absolute atomic E-state index is 12.0. The summed E-state index contributed by atoms with van der Waals surface area (Å²) in [4.78, 5) is 12.0. The fourth-order valence-electron chi connectivity index (χ4n) is 2.84. The number of anilines is 1. The SMILES string of the molecule is CC1CCC(NC(=O)CCOc2ccccc2N)CC1C. The van der Waals surface area contributed by atoms with Crippen LogP contribution >= 0.6 is 0 Å². The summed E-state index contributed by atoms with van der Waals surface area (Å²) in [6.07, 6.45) is 3.74. The summed E-state index contributed by atoms with van der Waals surface area (Å²) in [6.45, 7) is 4.92. The average molecular weight is 290 g/mol. The Labute approximate surface area is 127 Å². The molecule has 0 aromatic heterocycles. The molecule has 1 aliphatic carbocycles. The van der Waals surface area contributed by atoms with E-state index in [4.69, 9.17) is 10.5 Å². The Morgan fingerprint density at radius 2 is 2.05 bits per heavy atom. The molecule has 1 aromatic rings. The first kappa shape index (κ1) is 15.7. The number of nitrogens with two attached hydrogens (primary N) is 1. The quantitative estimate of drug-likeness (QED) is 0.819. The molecule has 1 amide bonds. The maximum Gasteiger partial charge on any atom is 0.223 e. The predicted molar refractivity (Wildman–Crippen MR) is 85.1 cm³/mol. The van der Waals surface area contributed by atoms with Crippen LogP contribution in [0, 0.1) is 11.8 Å². The zero-order valence-electron chi connectivity index (χ0n) is 13.0. The fourth-order valence-corrected chi connectivity index (χ4v) is 2.84. The van der Waals surface area contributed by atoms with Crippen LogP contribution in [0.4, 0.5) is 5.69 Å². The monoisotopic (exact) mass is 290 g/mol. The molecule has 3 unspecified atom stereocenters. The van der Waals surface area contributed by atoms with Crippen molar-refractivity contribution in [3.8, 4) is 5.75 Å². The third kappa shape index (κ3) is 4.66. The Kier molecular flexibility index (Phi) is 5.48. The largest absolute Gasteiger partial charge is 0.491 e. The molecule has 0 spiro atoms. The lowest BCUT2D eigenvalue weighted by molar-refractivity contribution is -0.122. The van der Waals surface area contributed by atoms with Crippen molar-refractivity contribution in [1.82, 2.24) is 5.32 Å². The van der Waals surface area contributed by atoms with Gasteiger partial charge in [-0.25, -0.2) is 0 Å². The lowest BCUT2D eigenvalue weighted by atomic mass is 9.79. The van der Waals surface area contributed by atoms with Gasteiger partial charge >= 0.3 is 0 Å². The van der Waals surface area contributed by atoms with Crippen LogP contribution in [-0.4, -0.2) is 18.6 Å². The molecular weight excluding hydrogens is 264 g/mol. The van der Waals surface area contributed by atoms with E-state index in [-0.39, 0.29) is 5.91 Å². The van der Waals surface area contributed by atoms with Crippen LogP contribution in [0.25, 0.3) is 0 Å². The van der Waals surface area contributed by atoms with Gasteiger partial charge in [-0.15, -0.1) is 0 Å². The Hall–Kier alpha value is -1.71. The van der Waals surface area contributed by atoms with Gasteiger partial charge in [0.2, 0.25) is 5.91 Å². The second-order valence-electron chi connectivity index (χ2n) is 6.17. The molecule has 2 rings (SSSR count). The number of benzene rings is 1. The molecule has 0 bridgehead atoms. The molecule has 4 nitrogen and oxygen atoms in total.